The van der Waals surface area contributed by atoms with Crippen molar-refractivity contribution in [3.05, 3.63) is 94.8 Å². The van der Waals surface area contributed by atoms with E-state index in [0.717, 1.165) is 24.5 Å². The minimum atomic E-state index is -2.80. The van der Waals surface area contributed by atoms with Gasteiger partial charge in [-0.2, -0.15) is 4.98 Å². The first-order chi connectivity index (χ1) is 20.8. The van der Waals surface area contributed by atoms with Crippen LogP contribution in [-0.4, -0.2) is 53.3 Å². The van der Waals surface area contributed by atoms with E-state index in [1.807, 2.05) is 24.3 Å². The van der Waals surface area contributed by atoms with E-state index in [0.29, 0.717) is 40.3 Å². The maximum atomic E-state index is 13.7. The molecule has 0 aliphatic heterocycles. The number of alkyl halides is 2. The smallest absolute Gasteiger partial charge is 0.280 e. The number of carbonyl (C=O) groups excluding carboxylic acids is 1. The molecule has 0 radical (unpaired) electrons. The lowest BCUT2D eigenvalue weighted by molar-refractivity contribution is -0.107. The molecule has 0 amide bonds. The Kier molecular flexibility index (Phi) is 11.9. The summed E-state index contributed by atoms with van der Waals surface area (Å²) in [6.07, 6.45) is 0.108. The topological polar surface area (TPSA) is 136 Å². The number of aliphatic imine (C=N–C) groups is 1. The molecule has 2 heterocycles. The highest BCUT2D eigenvalue weighted by atomic mass is 19.3. The molecule has 12 heteroatoms. The summed E-state index contributed by atoms with van der Waals surface area (Å²) in [5.41, 5.74) is 9.19. The van der Waals surface area contributed by atoms with Gasteiger partial charge in [-0.1, -0.05) is 24.3 Å². The fourth-order valence-electron chi connectivity index (χ4n) is 4.19. The van der Waals surface area contributed by atoms with E-state index in [1.165, 1.54) is 30.3 Å². The standard InChI is InChI=1S/C30H27F3N6O2.CH4O/c1-18-15-22(16-24(37-18)28(32)33)26-27(20-7-9-23(31)10-8-20)38-30(34)39-29(26)41-14-11-19-5-3-4-6-21(19)17-25(35-2)36-12-13-40;1-2/h3-10,13,15-17,28,36H,2,11-12,14H2,1H3,(H2,34,38,39);2H,1H3/b25-17+;. The maximum Gasteiger partial charge on any atom is 0.280 e. The van der Waals surface area contributed by atoms with Crippen LogP contribution in [0.15, 0.2) is 71.5 Å². The average molecular weight is 593 g/mol. The van der Waals surface area contributed by atoms with Gasteiger partial charge in [-0.3, -0.25) is 4.98 Å². The molecule has 0 saturated carbocycles. The van der Waals surface area contributed by atoms with Crippen molar-refractivity contribution in [2.45, 2.75) is 19.8 Å². The van der Waals surface area contributed by atoms with Crippen LogP contribution >= 0.6 is 0 Å². The van der Waals surface area contributed by atoms with Crippen molar-refractivity contribution in [1.29, 1.82) is 0 Å². The van der Waals surface area contributed by atoms with Crippen LogP contribution in [0, 0.1) is 12.7 Å². The predicted octanol–water partition coefficient (Wildman–Crippen LogP) is 5.19. The van der Waals surface area contributed by atoms with E-state index in [1.54, 1.807) is 19.1 Å². The van der Waals surface area contributed by atoms with Crippen LogP contribution in [0.3, 0.4) is 0 Å². The molecule has 0 spiro atoms. The van der Waals surface area contributed by atoms with Crippen molar-refractivity contribution in [1.82, 2.24) is 20.3 Å². The Morgan fingerprint density at radius 2 is 1.81 bits per heavy atom. The number of nitrogen functional groups attached to an aromatic ring is 1. The quantitative estimate of drug-likeness (QED) is 0.151. The maximum absolute atomic E-state index is 13.7. The third kappa shape index (κ3) is 8.69. The lowest BCUT2D eigenvalue weighted by Crippen LogP contribution is -2.14. The number of hydrogen-bond acceptors (Lipinski definition) is 9. The highest BCUT2D eigenvalue weighted by Gasteiger charge is 2.21. The molecule has 224 valence electrons. The van der Waals surface area contributed by atoms with Gasteiger partial charge in [0.25, 0.3) is 6.43 Å². The number of pyridine rings is 1. The van der Waals surface area contributed by atoms with E-state index >= 15 is 0 Å². The molecule has 0 aliphatic rings. The first-order valence-corrected chi connectivity index (χ1v) is 13.0. The monoisotopic (exact) mass is 592 g/mol. The normalized spacial score (nSPS) is 11.0. The van der Waals surface area contributed by atoms with Crippen LogP contribution < -0.4 is 15.8 Å². The first-order valence-electron chi connectivity index (χ1n) is 13.0. The predicted molar refractivity (Wildman–Crippen MR) is 160 cm³/mol. The molecule has 0 atom stereocenters. The summed E-state index contributed by atoms with van der Waals surface area (Å²) in [7, 11) is 1.00. The number of anilines is 1. The molecule has 4 aromatic rings. The molecule has 9 nitrogen and oxygen atoms in total. The number of benzene rings is 2. The van der Waals surface area contributed by atoms with Gasteiger partial charge in [0.15, 0.2) is 0 Å². The lowest BCUT2D eigenvalue weighted by Gasteiger charge is -2.17. The summed E-state index contributed by atoms with van der Waals surface area (Å²) in [5, 5.41) is 9.87. The van der Waals surface area contributed by atoms with Crippen LogP contribution in [-0.2, 0) is 11.2 Å². The number of ether oxygens (including phenoxy) is 1. The lowest BCUT2D eigenvalue weighted by atomic mass is 9.99. The molecule has 43 heavy (non-hydrogen) atoms. The van der Waals surface area contributed by atoms with Crippen molar-refractivity contribution >= 4 is 25.0 Å². The van der Waals surface area contributed by atoms with Gasteiger partial charge in [0.2, 0.25) is 11.8 Å². The van der Waals surface area contributed by atoms with Crippen molar-refractivity contribution in [3.8, 4) is 28.3 Å². The van der Waals surface area contributed by atoms with Gasteiger partial charge in [0, 0.05) is 24.8 Å². The van der Waals surface area contributed by atoms with E-state index in [-0.39, 0.29) is 25.0 Å². The van der Waals surface area contributed by atoms with Gasteiger partial charge in [0.05, 0.1) is 24.4 Å². The van der Waals surface area contributed by atoms with Gasteiger partial charge in [-0.05, 0) is 72.8 Å². The Bertz CT molecular complexity index is 1580. The Balaban J connectivity index is 0.00000248. The third-order valence-corrected chi connectivity index (χ3v) is 5.99. The van der Waals surface area contributed by atoms with E-state index < -0.39 is 17.9 Å². The minimum Gasteiger partial charge on any atom is -0.477 e. The highest BCUT2D eigenvalue weighted by molar-refractivity contribution is 5.85. The molecule has 4 rings (SSSR count). The summed E-state index contributed by atoms with van der Waals surface area (Å²) in [4.78, 5) is 27.2. The number of hydrogen-bond donors (Lipinski definition) is 3. The number of aryl methyl sites for hydroxylation is 1. The third-order valence-electron chi connectivity index (χ3n) is 5.99. The number of aliphatic hydroxyl groups excluding tert-OH is 1. The zero-order valence-corrected chi connectivity index (χ0v) is 23.6. The number of rotatable bonds is 12. The number of halogens is 3. The molecule has 0 fully saturated rings. The zero-order chi connectivity index (χ0) is 31.4. The number of aliphatic hydroxyl groups is 1. The van der Waals surface area contributed by atoms with Gasteiger partial charge in [0.1, 0.15) is 23.6 Å². The second-order valence-corrected chi connectivity index (χ2v) is 8.87. The highest BCUT2D eigenvalue weighted by Crippen LogP contribution is 2.39. The molecule has 2 aromatic heterocycles. The summed E-state index contributed by atoms with van der Waals surface area (Å²) < 4.78 is 47.1. The van der Waals surface area contributed by atoms with Crippen molar-refractivity contribution in [3.63, 3.8) is 0 Å². The van der Waals surface area contributed by atoms with E-state index in [9.17, 15) is 18.0 Å². The summed E-state index contributed by atoms with van der Waals surface area (Å²) in [6.45, 7) is 5.36. The van der Waals surface area contributed by atoms with E-state index in [4.69, 9.17) is 15.6 Å². The van der Waals surface area contributed by atoms with Crippen molar-refractivity contribution < 1.29 is 27.8 Å². The van der Waals surface area contributed by atoms with Crippen LogP contribution in [0.4, 0.5) is 19.1 Å². The molecule has 4 N–H and O–H groups in total. The second-order valence-electron chi connectivity index (χ2n) is 8.87. The van der Waals surface area contributed by atoms with Crippen LogP contribution in [0.2, 0.25) is 0 Å². The summed E-state index contributed by atoms with van der Waals surface area (Å²) >= 11 is 0. The molecule has 0 unspecified atom stereocenters. The largest absolute Gasteiger partial charge is 0.477 e. The number of carbonyl (C=O) groups is 1. The second kappa shape index (κ2) is 15.8. The Hall–Kier alpha value is -5.10. The number of nitrogens with one attached hydrogen (secondary N) is 1. The van der Waals surface area contributed by atoms with Crippen LogP contribution in [0.25, 0.3) is 28.5 Å². The number of nitrogens with two attached hydrogens (primary N) is 1. The van der Waals surface area contributed by atoms with Crippen LogP contribution in [0.5, 0.6) is 5.88 Å². The van der Waals surface area contributed by atoms with Crippen molar-refractivity contribution in [2.75, 3.05) is 26.0 Å². The molecular formula is C31H31F3N6O3. The Labute approximate surface area is 247 Å². The summed E-state index contributed by atoms with van der Waals surface area (Å²) in [5.74, 6) is -0.0356. The van der Waals surface area contributed by atoms with Gasteiger partial charge < -0.3 is 25.7 Å². The fourth-order valence-corrected chi connectivity index (χ4v) is 4.19. The number of aldehydes is 1. The van der Waals surface area contributed by atoms with Gasteiger partial charge in [-0.15, -0.1) is 0 Å². The Morgan fingerprint density at radius 1 is 1.09 bits per heavy atom. The van der Waals surface area contributed by atoms with Crippen LogP contribution in [0.1, 0.15) is 28.9 Å². The Morgan fingerprint density at radius 3 is 2.49 bits per heavy atom. The number of aromatic nitrogens is 3. The first kappa shape index (κ1) is 32.4. The van der Waals surface area contributed by atoms with Gasteiger partial charge >= 0.3 is 0 Å². The van der Waals surface area contributed by atoms with E-state index in [2.05, 4.69) is 32.0 Å². The molecular weight excluding hydrogens is 561 g/mol. The van der Waals surface area contributed by atoms with Gasteiger partial charge in [-0.25, -0.2) is 23.1 Å². The average Bonchev–Trinajstić information content (AvgIpc) is 3.00. The fraction of sp³-hybridized carbons (Fsp3) is 0.194. The van der Waals surface area contributed by atoms with Crippen molar-refractivity contribution in [2.24, 2.45) is 4.99 Å². The summed E-state index contributed by atoms with van der Waals surface area (Å²) in [6, 6.07) is 16.0. The molecule has 2 aromatic carbocycles. The minimum absolute atomic E-state index is 0.0803. The molecule has 0 aliphatic carbocycles. The number of nitrogens with zero attached hydrogens (tertiary/aromatic N) is 4. The zero-order valence-electron chi connectivity index (χ0n) is 23.6. The molecule has 0 saturated heterocycles. The molecule has 0 bridgehead atoms. The SMILES string of the molecule is C=N/C(=C\c1ccccc1CCOc1nc(N)nc(-c2ccc(F)cc2)c1-c1cc(C)nc(C(F)F)c1)NCC=O.CO.